The number of thioether (sulfide) groups is 1. The van der Waals surface area contributed by atoms with Gasteiger partial charge in [-0.3, -0.25) is 4.79 Å². The first-order valence-corrected chi connectivity index (χ1v) is 6.51. The molecule has 0 saturated carbocycles. The molecule has 0 atom stereocenters. The molecule has 0 aliphatic carbocycles. The molecule has 1 amide bonds. The minimum Gasteiger partial charge on any atom is -0.369 e. The fourth-order valence-electron chi connectivity index (χ4n) is 1.33. The van der Waals surface area contributed by atoms with Crippen molar-refractivity contribution in [3.05, 3.63) is 41.6 Å². The van der Waals surface area contributed by atoms with Gasteiger partial charge in [-0.05, 0) is 18.2 Å². The van der Waals surface area contributed by atoms with E-state index in [1.54, 1.807) is 24.4 Å². The number of hydrogen-bond donors (Lipinski definition) is 1. The average molecular weight is 280 g/mol. The van der Waals surface area contributed by atoms with Gasteiger partial charge in [0.1, 0.15) is 0 Å². The van der Waals surface area contributed by atoms with Crippen LogP contribution in [0, 0.1) is 0 Å². The molecular weight excluding hydrogens is 270 g/mol. The number of primary amides is 1. The van der Waals surface area contributed by atoms with Gasteiger partial charge in [-0.1, -0.05) is 35.5 Å². The zero-order chi connectivity index (χ0) is 13.0. The minimum atomic E-state index is -0.388. The Morgan fingerprint density at radius 3 is 2.67 bits per heavy atom. The monoisotopic (exact) mass is 279 g/mol. The molecular formula is C12H10ClN3OS. The first-order chi connectivity index (χ1) is 8.65. The molecule has 2 N–H and O–H groups in total. The number of carbonyl (C=O) groups is 1. The SMILES string of the molecule is NC(=O)CSc1nccc(-c2ccc(Cl)cc2)n1. The summed E-state index contributed by atoms with van der Waals surface area (Å²) in [5, 5.41) is 1.21. The fourth-order valence-corrected chi connectivity index (χ4v) is 2.02. The molecule has 0 bridgehead atoms. The van der Waals surface area contributed by atoms with Crippen molar-refractivity contribution in [3.63, 3.8) is 0 Å². The van der Waals surface area contributed by atoms with E-state index < -0.39 is 0 Å². The van der Waals surface area contributed by atoms with Crippen LogP contribution in [0.25, 0.3) is 11.3 Å². The van der Waals surface area contributed by atoms with Crippen LogP contribution in [-0.4, -0.2) is 21.6 Å². The van der Waals surface area contributed by atoms with Crippen LogP contribution in [0.3, 0.4) is 0 Å². The Balaban J connectivity index is 2.21. The molecule has 18 heavy (non-hydrogen) atoms. The van der Waals surface area contributed by atoms with Gasteiger partial charge in [0.25, 0.3) is 0 Å². The summed E-state index contributed by atoms with van der Waals surface area (Å²) in [6.07, 6.45) is 1.65. The highest BCUT2D eigenvalue weighted by Crippen LogP contribution is 2.21. The lowest BCUT2D eigenvalue weighted by atomic mass is 10.1. The molecule has 0 fully saturated rings. The van der Waals surface area contributed by atoms with E-state index in [0.29, 0.717) is 10.2 Å². The van der Waals surface area contributed by atoms with Crippen molar-refractivity contribution in [2.75, 3.05) is 5.75 Å². The normalized spacial score (nSPS) is 10.3. The second-order valence-electron chi connectivity index (χ2n) is 3.49. The molecule has 2 rings (SSSR count). The van der Waals surface area contributed by atoms with Gasteiger partial charge >= 0.3 is 0 Å². The third-order valence-corrected chi connectivity index (χ3v) is 3.25. The van der Waals surface area contributed by atoms with Crippen molar-refractivity contribution in [2.45, 2.75) is 5.16 Å². The van der Waals surface area contributed by atoms with Crippen LogP contribution in [0.5, 0.6) is 0 Å². The first-order valence-electron chi connectivity index (χ1n) is 5.15. The molecule has 1 heterocycles. The third-order valence-electron chi connectivity index (χ3n) is 2.12. The molecule has 0 spiro atoms. The molecule has 2 aromatic rings. The smallest absolute Gasteiger partial charge is 0.227 e. The fraction of sp³-hybridized carbons (Fsp3) is 0.0833. The predicted octanol–water partition coefficient (Wildman–Crippen LogP) is 2.37. The second-order valence-corrected chi connectivity index (χ2v) is 4.87. The Bertz CT molecular complexity index is 560. The van der Waals surface area contributed by atoms with Gasteiger partial charge in [0.05, 0.1) is 11.4 Å². The molecule has 6 heteroatoms. The van der Waals surface area contributed by atoms with Crippen LogP contribution in [0.15, 0.2) is 41.7 Å². The van der Waals surface area contributed by atoms with E-state index >= 15 is 0 Å². The number of nitrogens with zero attached hydrogens (tertiary/aromatic N) is 2. The Morgan fingerprint density at radius 2 is 2.00 bits per heavy atom. The number of hydrogen-bond acceptors (Lipinski definition) is 4. The lowest BCUT2D eigenvalue weighted by Crippen LogP contribution is -2.13. The van der Waals surface area contributed by atoms with E-state index in [1.807, 2.05) is 12.1 Å². The molecule has 0 radical (unpaired) electrons. The largest absolute Gasteiger partial charge is 0.369 e. The summed E-state index contributed by atoms with van der Waals surface area (Å²) in [4.78, 5) is 19.1. The molecule has 0 unspecified atom stereocenters. The lowest BCUT2D eigenvalue weighted by molar-refractivity contribution is -0.115. The highest BCUT2D eigenvalue weighted by atomic mass is 35.5. The van der Waals surface area contributed by atoms with E-state index in [-0.39, 0.29) is 11.7 Å². The zero-order valence-electron chi connectivity index (χ0n) is 9.34. The number of benzene rings is 1. The van der Waals surface area contributed by atoms with Crippen molar-refractivity contribution in [1.29, 1.82) is 0 Å². The summed E-state index contributed by atoms with van der Waals surface area (Å²) in [5.41, 5.74) is 6.81. The zero-order valence-corrected chi connectivity index (χ0v) is 10.9. The molecule has 4 nitrogen and oxygen atoms in total. The summed E-state index contributed by atoms with van der Waals surface area (Å²) >= 11 is 7.04. The number of carbonyl (C=O) groups excluding carboxylic acids is 1. The highest BCUT2D eigenvalue weighted by Gasteiger charge is 2.04. The Kier molecular flexibility index (Phi) is 4.17. The van der Waals surface area contributed by atoms with E-state index in [9.17, 15) is 4.79 Å². The standard InChI is InChI=1S/C12H10ClN3OS/c13-9-3-1-8(2-4-9)10-5-6-15-12(16-10)18-7-11(14)17/h1-6H,7H2,(H2,14,17). The maximum atomic E-state index is 10.7. The van der Waals surface area contributed by atoms with Gasteiger partial charge in [0.15, 0.2) is 5.16 Å². The summed E-state index contributed by atoms with van der Waals surface area (Å²) < 4.78 is 0. The molecule has 0 aliphatic heterocycles. The topological polar surface area (TPSA) is 68.9 Å². The number of nitrogens with two attached hydrogens (primary N) is 1. The van der Waals surface area contributed by atoms with Crippen molar-refractivity contribution in [1.82, 2.24) is 9.97 Å². The van der Waals surface area contributed by atoms with Crippen LogP contribution < -0.4 is 5.73 Å². The van der Waals surface area contributed by atoms with Crippen LogP contribution in [-0.2, 0) is 4.79 Å². The Hall–Kier alpha value is -1.59. The Labute approximate surface area is 114 Å². The van der Waals surface area contributed by atoms with E-state index in [0.717, 1.165) is 11.3 Å². The van der Waals surface area contributed by atoms with Crippen molar-refractivity contribution >= 4 is 29.3 Å². The van der Waals surface area contributed by atoms with Crippen molar-refractivity contribution < 1.29 is 4.79 Å². The van der Waals surface area contributed by atoms with Gasteiger partial charge in [-0.15, -0.1) is 0 Å². The molecule has 1 aromatic carbocycles. The summed E-state index contributed by atoms with van der Waals surface area (Å²) in [7, 11) is 0. The summed E-state index contributed by atoms with van der Waals surface area (Å²) in [6.45, 7) is 0. The van der Waals surface area contributed by atoms with Crippen molar-refractivity contribution in [3.8, 4) is 11.3 Å². The number of aromatic nitrogens is 2. The second kappa shape index (κ2) is 5.84. The van der Waals surface area contributed by atoms with Gasteiger partial charge in [0.2, 0.25) is 5.91 Å². The van der Waals surface area contributed by atoms with E-state index in [2.05, 4.69) is 9.97 Å². The third kappa shape index (κ3) is 3.45. The molecule has 1 aromatic heterocycles. The van der Waals surface area contributed by atoms with E-state index in [1.165, 1.54) is 11.8 Å². The van der Waals surface area contributed by atoms with Gasteiger partial charge < -0.3 is 5.73 Å². The van der Waals surface area contributed by atoms with Crippen molar-refractivity contribution in [2.24, 2.45) is 5.73 Å². The maximum absolute atomic E-state index is 10.7. The van der Waals surface area contributed by atoms with Crippen LogP contribution >= 0.6 is 23.4 Å². The van der Waals surface area contributed by atoms with Crippen LogP contribution in [0.1, 0.15) is 0 Å². The quantitative estimate of drug-likeness (QED) is 0.689. The number of halogens is 1. The Morgan fingerprint density at radius 1 is 1.28 bits per heavy atom. The maximum Gasteiger partial charge on any atom is 0.227 e. The highest BCUT2D eigenvalue weighted by molar-refractivity contribution is 7.99. The number of amides is 1. The summed E-state index contributed by atoms with van der Waals surface area (Å²) in [5.74, 6) is -0.218. The van der Waals surface area contributed by atoms with Crippen LogP contribution in [0.2, 0.25) is 5.02 Å². The van der Waals surface area contributed by atoms with E-state index in [4.69, 9.17) is 17.3 Å². The number of rotatable bonds is 4. The molecule has 0 aliphatic rings. The minimum absolute atomic E-state index is 0.171. The molecule has 0 saturated heterocycles. The van der Waals surface area contributed by atoms with Gasteiger partial charge in [-0.2, -0.15) is 0 Å². The first kappa shape index (κ1) is 12.9. The van der Waals surface area contributed by atoms with Gasteiger partial charge in [-0.25, -0.2) is 9.97 Å². The predicted molar refractivity (Wildman–Crippen MR) is 72.4 cm³/mol. The molecule has 92 valence electrons. The summed E-state index contributed by atoms with van der Waals surface area (Å²) in [6, 6.07) is 9.17. The van der Waals surface area contributed by atoms with Crippen LogP contribution in [0.4, 0.5) is 0 Å². The lowest BCUT2D eigenvalue weighted by Gasteiger charge is -2.03. The van der Waals surface area contributed by atoms with Gasteiger partial charge in [0, 0.05) is 16.8 Å². The average Bonchev–Trinajstić information content (AvgIpc) is 2.37.